The molecule has 110 valence electrons. The SMILES string of the molecule is CN1CC[C@H]1COc1cnc(Cl)c(-c2ccc(Cl)cc2)c1. The molecule has 1 aromatic carbocycles. The molecule has 2 aromatic rings. The summed E-state index contributed by atoms with van der Waals surface area (Å²) in [6.45, 7) is 1.82. The number of likely N-dealkylation sites (tertiary alicyclic amines) is 1. The van der Waals surface area contributed by atoms with Crippen molar-refractivity contribution < 1.29 is 4.74 Å². The molecule has 1 fully saturated rings. The first kappa shape index (κ1) is 14.6. The quantitative estimate of drug-likeness (QED) is 0.791. The van der Waals surface area contributed by atoms with Gasteiger partial charge >= 0.3 is 0 Å². The number of halogens is 2. The molecule has 1 atom stereocenters. The van der Waals surface area contributed by atoms with Gasteiger partial charge in [-0.3, -0.25) is 4.90 Å². The molecule has 0 N–H and O–H groups in total. The summed E-state index contributed by atoms with van der Waals surface area (Å²) in [7, 11) is 2.11. The van der Waals surface area contributed by atoms with Crippen LogP contribution in [0.5, 0.6) is 5.75 Å². The predicted octanol–water partition coefficient (Wildman–Crippen LogP) is 4.14. The Morgan fingerprint density at radius 1 is 1.29 bits per heavy atom. The minimum absolute atomic E-state index is 0.463. The first-order valence-electron chi connectivity index (χ1n) is 6.88. The smallest absolute Gasteiger partial charge is 0.138 e. The van der Waals surface area contributed by atoms with Crippen molar-refractivity contribution in [1.29, 1.82) is 0 Å². The molecule has 1 aliphatic heterocycles. The van der Waals surface area contributed by atoms with Crippen LogP contribution in [0.15, 0.2) is 36.5 Å². The lowest BCUT2D eigenvalue weighted by atomic mass is 10.1. The largest absolute Gasteiger partial charge is 0.490 e. The number of benzene rings is 1. The second-order valence-electron chi connectivity index (χ2n) is 5.25. The lowest BCUT2D eigenvalue weighted by Gasteiger charge is -2.37. The summed E-state index contributed by atoms with van der Waals surface area (Å²) in [6.07, 6.45) is 2.85. The molecule has 0 saturated carbocycles. The van der Waals surface area contributed by atoms with Crippen LogP contribution in [-0.2, 0) is 0 Å². The molecule has 1 saturated heterocycles. The molecule has 3 nitrogen and oxygen atoms in total. The van der Waals surface area contributed by atoms with E-state index in [-0.39, 0.29) is 0 Å². The van der Waals surface area contributed by atoms with Crippen LogP contribution in [-0.4, -0.2) is 36.1 Å². The zero-order valence-corrected chi connectivity index (χ0v) is 13.2. The van der Waals surface area contributed by atoms with Crippen LogP contribution in [0.3, 0.4) is 0 Å². The standard InChI is InChI=1S/C16H16Cl2N2O/c1-20-7-6-13(20)10-21-14-8-15(16(18)19-9-14)11-2-4-12(17)5-3-11/h2-5,8-9,13H,6-7,10H2,1H3/t13-/m0/s1. The Morgan fingerprint density at radius 3 is 2.67 bits per heavy atom. The number of nitrogens with zero attached hydrogens (tertiary/aromatic N) is 2. The molecule has 2 heterocycles. The summed E-state index contributed by atoms with van der Waals surface area (Å²) in [6, 6.07) is 9.95. The van der Waals surface area contributed by atoms with Crippen molar-refractivity contribution in [2.24, 2.45) is 0 Å². The Morgan fingerprint density at radius 2 is 2.05 bits per heavy atom. The van der Waals surface area contributed by atoms with Crippen LogP contribution in [0.2, 0.25) is 10.2 Å². The van der Waals surface area contributed by atoms with Gasteiger partial charge in [0.1, 0.15) is 17.5 Å². The van der Waals surface area contributed by atoms with Crippen molar-refractivity contribution in [1.82, 2.24) is 9.88 Å². The lowest BCUT2D eigenvalue weighted by Crippen LogP contribution is -2.48. The maximum absolute atomic E-state index is 6.19. The van der Waals surface area contributed by atoms with E-state index < -0.39 is 0 Å². The molecule has 21 heavy (non-hydrogen) atoms. The summed E-state index contributed by atoms with van der Waals surface area (Å²) < 4.78 is 5.83. The van der Waals surface area contributed by atoms with Gasteiger partial charge in [-0.15, -0.1) is 0 Å². The second kappa shape index (κ2) is 6.22. The normalized spacial score (nSPS) is 18.3. The monoisotopic (exact) mass is 322 g/mol. The van der Waals surface area contributed by atoms with Gasteiger partial charge in [0.25, 0.3) is 0 Å². The molecule has 0 aliphatic carbocycles. The Bertz CT molecular complexity index is 631. The van der Waals surface area contributed by atoms with Gasteiger partial charge in [-0.1, -0.05) is 35.3 Å². The van der Waals surface area contributed by atoms with Crippen LogP contribution >= 0.6 is 23.2 Å². The molecule has 0 bridgehead atoms. The molecule has 0 radical (unpaired) electrons. The first-order valence-corrected chi connectivity index (χ1v) is 7.63. The summed E-state index contributed by atoms with van der Waals surface area (Å²) in [4.78, 5) is 6.49. The Kier molecular flexibility index (Phi) is 4.34. The van der Waals surface area contributed by atoms with Gasteiger partial charge in [0.15, 0.2) is 0 Å². The lowest BCUT2D eigenvalue weighted by molar-refractivity contribution is 0.0768. The van der Waals surface area contributed by atoms with E-state index in [2.05, 4.69) is 16.9 Å². The third-order valence-corrected chi connectivity index (χ3v) is 4.40. The number of likely N-dealkylation sites (N-methyl/N-ethyl adjacent to an activating group) is 1. The van der Waals surface area contributed by atoms with Crippen molar-refractivity contribution in [2.75, 3.05) is 20.2 Å². The van der Waals surface area contributed by atoms with E-state index >= 15 is 0 Å². The molecular weight excluding hydrogens is 307 g/mol. The van der Waals surface area contributed by atoms with E-state index in [1.165, 1.54) is 6.42 Å². The maximum atomic E-state index is 6.19. The zero-order valence-electron chi connectivity index (χ0n) is 11.7. The van der Waals surface area contributed by atoms with E-state index in [1.807, 2.05) is 30.3 Å². The number of hydrogen-bond acceptors (Lipinski definition) is 3. The van der Waals surface area contributed by atoms with Gasteiger partial charge in [-0.25, -0.2) is 4.98 Å². The van der Waals surface area contributed by atoms with Gasteiger partial charge in [0.2, 0.25) is 0 Å². The van der Waals surface area contributed by atoms with E-state index in [0.29, 0.717) is 22.8 Å². The molecule has 0 unspecified atom stereocenters. The Hall–Kier alpha value is -1.29. The summed E-state index contributed by atoms with van der Waals surface area (Å²) >= 11 is 12.1. The highest BCUT2D eigenvalue weighted by atomic mass is 35.5. The highest BCUT2D eigenvalue weighted by molar-refractivity contribution is 6.32. The van der Waals surface area contributed by atoms with Gasteiger partial charge in [0.05, 0.1) is 6.20 Å². The molecule has 3 rings (SSSR count). The molecule has 5 heteroatoms. The number of aromatic nitrogens is 1. The average molecular weight is 323 g/mol. The van der Waals surface area contributed by atoms with Crippen molar-refractivity contribution in [3.8, 4) is 16.9 Å². The van der Waals surface area contributed by atoms with E-state index in [4.69, 9.17) is 27.9 Å². The molecule has 1 aromatic heterocycles. The third kappa shape index (κ3) is 3.31. The van der Waals surface area contributed by atoms with Gasteiger partial charge < -0.3 is 4.74 Å². The third-order valence-electron chi connectivity index (χ3n) is 3.85. The van der Waals surface area contributed by atoms with Crippen LogP contribution in [0, 0.1) is 0 Å². The summed E-state index contributed by atoms with van der Waals surface area (Å²) in [5.74, 6) is 0.740. The van der Waals surface area contributed by atoms with Crippen LogP contribution < -0.4 is 4.74 Å². The predicted molar refractivity (Wildman–Crippen MR) is 86.2 cm³/mol. The molecular formula is C16H16Cl2N2O. The van der Waals surface area contributed by atoms with Crippen molar-refractivity contribution in [2.45, 2.75) is 12.5 Å². The highest BCUT2D eigenvalue weighted by Crippen LogP contribution is 2.30. The van der Waals surface area contributed by atoms with Crippen molar-refractivity contribution >= 4 is 23.2 Å². The number of ether oxygens (including phenoxy) is 1. The zero-order chi connectivity index (χ0) is 14.8. The van der Waals surface area contributed by atoms with Crippen molar-refractivity contribution in [3.63, 3.8) is 0 Å². The topological polar surface area (TPSA) is 25.4 Å². The fourth-order valence-electron chi connectivity index (χ4n) is 2.31. The van der Waals surface area contributed by atoms with Crippen molar-refractivity contribution in [3.05, 3.63) is 46.7 Å². The van der Waals surface area contributed by atoms with Crippen LogP contribution in [0.1, 0.15) is 6.42 Å². The number of rotatable bonds is 4. The Labute approximate surface area is 134 Å². The van der Waals surface area contributed by atoms with Gasteiger partial charge in [-0.05, 0) is 43.8 Å². The molecule has 0 spiro atoms. The van der Waals surface area contributed by atoms with Gasteiger partial charge in [0, 0.05) is 16.6 Å². The average Bonchev–Trinajstić information content (AvgIpc) is 2.48. The van der Waals surface area contributed by atoms with Crippen LogP contribution in [0.25, 0.3) is 11.1 Å². The molecule has 0 amide bonds. The van der Waals surface area contributed by atoms with Gasteiger partial charge in [-0.2, -0.15) is 0 Å². The number of hydrogen-bond donors (Lipinski definition) is 0. The second-order valence-corrected chi connectivity index (χ2v) is 6.04. The highest BCUT2D eigenvalue weighted by Gasteiger charge is 2.24. The van der Waals surface area contributed by atoms with E-state index in [9.17, 15) is 0 Å². The maximum Gasteiger partial charge on any atom is 0.138 e. The first-order chi connectivity index (χ1) is 10.1. The Balaban J connectivity index is 1.77. The fourth-order valence-corrected chi connectivity index (χ4v) is 2.65. The van der Waals surface area contributed by atoms with E-state index in [0.717, 1.165) is 23.4 Å². The van der Waals surface area contributed by atoms with E-state index in [1.54, 1.807) is 6.20 Å². The molecule has 1 aliphatic rings. The summed E-state index contributed by atoms with van der Waals surface area (Å²) in [5.41, 5.74) is 1.83. The minimum Gasteiger partial charge on any atom is -0.490 e. The minimum atomic E-state index is 0.463. The fraction of sp³-hybridized carbons (Fsp3) is 0.312. The van der Waals surface area contributed by atoms with Crippen LogP contribution in [0.4, 0.5) is 0 Å². The number of pyridine rings is 1. The summed E-state index contributed by atoms with van der Waals surface area (Å²) in [5, 5.41) is 1.16.